The molecular weight excluding hydrogens is 428 g/mol. The van der Waals surface area contributed by atoms with Crippen molar-refractivity contribution in [2.24, 2.45) is 0 Å². The van der Waals surface area contributed by atoms with Crippen LogP contribution in [-0.4, -0.2) is 40.9 Å². The Morgan fingerprint density at radius 2 is 1.91 bits per heavy atom. The summed E-state index contributed by atoms with van der Waals surface area (Å²) in [4.78, 5) is 43.9. The first-order valence-electron chi connectivity index (χ1n) is 10.0. The Kier molecular flexibility index (Phi) is 6.59. The number of hydrogen-bond acceptors (Lipinski definition) is 8. The van der Waals surface area contributed by atoms with Crippen LogP contribution in [0.15, 0.2) is 64.9 Å². The predicted octanol–water partition coefficient (Wildman–Crippen LogP) is 1.67. The molecule has 11 nitrogen and oxygen atoms in total. The van der Waals surface area contributed by atoms with Crippen LogP contribution in [0, 0.1) is 0 Å². The summed E-state index contributed by atoms with van der Waals surface area (Å²) in [6.45, 7) is 0.806. The van der Waals surface area contributed by atoms with Crippen LogP contribution in [0.25, 0.3) is 6.08 Å². The van der Waals surface area contributed by atoms with E-state index in [2.05, 4.69) is 31.2 Å². The minimum absolute atomic E-state index is 0.0526. The zero-order chi connectivity index (χ0) is 23.0. The summed E-state index contributed by atoms with van der Waals surface area (Å²) >= 11 is 0. The van der Waals surface area contributed by atoms with E-state index in [1.807, 2.05) is 6.07 Å². The molecule has 3 aromatic rings. The average Bonchev–Trinajstić information content (AvgIpc) is 3.45. The van der Waals surface area contributed by atoms with Gasteiger partial charge in [-0.1, -0.05) is 18.2 Å². The van der Waals surface area contributed by atoms with Crippen molar-refractivity contribution >= 4 is 29.9 Å². The maximum Gasteiger partial charge on any atom is 0.326 e. The van der Waals surface area contributed by atoms with E-state index in [9.17, 15) is 14.4 Å². The molecule has 4 rings (SSSR count). The smallest absolute Gasteiger partial charge is 0.326 e. The van der Waals surface area contributed by atoms with Crippen LogP contribution in [0.5, 0.6) is 5.88 Å². The summed E-state index contributed by atoms with van der Waals surface area (Å²) in [6.07, 6.45) is 2.94. The van der Waals surface area contributed by atoms with Crippen molar-refractivity contribution in [1.29, 1.82) is 0 Å². The number of imide groups is 1. The molecule has 1 aromatic carbocycles. The van der Waals surface area contributed by atoms with Crippen LogP contribution >= 0.6 is 0 Å². The number of benzene rings is 1. The van der Waals surface area contributed by atoms with E-state index >= 15 is 0 Å². The summed E-state index contributed by atoms with van der Waals surface area (Å²) < 4.78 is 10.9. The molecule has 2 aromatic heterocycles. The maximum atomic E-state index is 12.1. The van der Waals surface area contributed by atoms with Crippen molar-refractivity contribution in [1.82, 2.24) is 25.9 Å². The first-order chi connectivity index (χ1) is 16.1. The lowest BCUT2D eigenvalue weighted by molar-refractivity contribution is -0.115. The second kappa shape index (κ2) is 10.1. The number of carbonyl (C=O) groups is 3. The topological polar surface area (TPSA) is 147 Å². The fraction of sp³-hybridized carbons (Fsp3) is 0.136. The molecule has 0 saturated carbocycles. The van der Waals surface area contributed by atoms with Gasteiger partial charge in [-0.15, -0.1) is 0 Å². The van der Waals surface area contributed by atoms with E-state index in [1.54, 1.807) is 36.4 Å². The Morgan fingerprint density at radius 3 is 2.64 bits per heavy atom. The summed E-state index contributed by atoms with van der Waals surface area (Å²) in [5, 5.41) is 10.3. The second-order valence-corrected chi connectivity index (χ2v) is 6.84. The van der Waals surface area contributed by atoms with Gasteiger partial charge in [-0.05, 0) is 30.3 Å². The number of hydrogen-bond donors (Lipinski definition) is 4. The van der Waals surface area contributed by atoms with Gasteiger partial charge in [-0.25, -0.2) is 9.78 Å². The maximum absolute atomic E-state index is 12.1. The largest absolute Gasteiger partial charge is 0.469 e. The Bertz CT molecular complexity index is 1180. The number of carbonyl (C=O) groups excluding carboxylic acids is 3. The van der Waals surface area contributed by atoms with Crippen LogP contribution in [-0.2, 0) is 11.4 Å². The minimum Gasteiger partial charge on any atom is -0.469 e. The highest BCUT2D eigenvalue weighted by Crippen LogP contribution is 2.17. The number of nitrogens with zero attached hydrogens (tertiary/aromatic N) is 2. The van der Waals surface area contributed by atoms with Crippen molar-refractivity contribution in [2.45, 2.75) is 6.61 Å². The molecule has 0 spiro atoms. The number of urea groups is 1. The Labute approximate surface area is 188 Å². The molecule has 1 aliphatic rings. The molecule has 3 heterocycles. The van der Waals surface area contributed by atoms with E-state index in [1.165, 1.54) is 18.4 Å². The summed E-state index contributed by atoms with van der Waals surface area (Å²) in [6, 6.07) is 13.3. The molecule has 11 heteroatoms. The van der Waals surface area contributed by atoms with Gasteiger partial charge in [0.2, 0.25) is 11.8 Å². The van der Waals surface area contributed by atoms with Gasteiger partial charge in [0, 0.05) is 24.7 Å². The zero-order valence-corrected chi connectivity index (χ0v) is 17.3. The van der Waals surface area contributed by atoms with Crippen LogP contribution in [0.4, 0.5) is 10.7 Å². The van der Waals surface area contributed by atoms with Gasteiger partial charge in [-0.2, -0.15) is 4.98 Å². The molecule has 168 valence electrons. The van der Waals surface area contributed by atoms with Crippen molar-refractivity contribution in [3.05, 3.63) is 77.5 Å². The number of ether oxygens (including phenoxy) is 1. The molecule has 1 aliphatic heterocycles. The minimum atomic E-state index is -0.609. The average molecular weight is 448 g/mol. The quantitative estimate of drug-likeness (QED) is 0.220. The summed E-state index contributed by atoms with van der Waals surface area (Å²) in [7, 11) is 0. The highest BCUT2D eigenvalue weighted by atomic mass is 16.5. The zero-order valence-electron chi connectivity index (χ0n) is 17.3. The lowest BCUT2D eigenvalue weighted by atomic mass is 10.2. The first kappa shape index (κ1) is 21.6. The SMILES string of the molecule is O=C1NC(=O)/C(=C/c2cc(OCc3ccco3)nc(NCCNC(=O)c3ccccc3)n2)N1. The highest BCUT2D eigenvalue weighted by molar-refractivity contribution is 6.13. The van der Waals surface area contributed by atoms with Crippen molar-refractivity contribution in [2.75, 3.05) is 18.4 Å². The van der Waals surface area contributed by atoms with Gasteiger partial charge in [0.25, 0.3) is 11.8 Å². The molecular formula is C22H20N6O5. The third-order valence-electron chi connectivity index (χ3n) is 4.41. The molecule has 0 unspecified atom stereocenters. The normalized spacial score (nSPS) is 14.0. The van der Waals surface area contributed by atoms with Gasteiger partial charge >= 0.3 is 6.03 Å². The molecule has 1 fully saturated rings. The lowest BCUT2D eigenvalue weighted by Crippen LogP contribution is -2.29. The summed E-state index contributed by atoms with van der Waals surface area (Å²) in [5.74, 6) is 0.303. The molecule has 4 N–H and O–H groups in total. The Morgan fingerprint density at radius 1 is 1.06 bits per heavy atom. The van der Waals surface area contributed by atoms with Gasteiger partial charge in [-0.3, -0.25) is 14.9 Å². The standard InChI is InChI=1S/C22H20N6O5/c29-19(14-5-2-1-3-6-14)23-8-9-24-21-25-15(11-17-20(30)28-22(31)26-17)12-18(27-21)33-13-16-7-4-10-32-16/h1-7,10-12H,8-9,13H2,(H,23,29)(H,24,25,27)(H2,26,28,30,31)/b17-11-. The number of furan rings is 1. The third-order valence-corrected chi connectivity index (χ3v) is 4.41. The van der Waals surface area contributed by atoms with Gasteiger partial charge in [0.15, 0.2) is 0 Å². The van der Waals surface area contributed by atoms with Crippen LogP contribution < -0.4 is 26.0 Å². The van der Waals surface area contributed by atoms with Crippen molar-refractivity contribution in [3.63, 3.8) is 0 Å². The number of nitrogens with one attached hydrogen (secondary N) is 4. The van der Waals surface area contributed by atoms with Gasteiger partial charge < -0.3 is 25.1 Å². The van der Waals surface area contributed by atoms with Gasteiger partial charge in [0.1, 0.15) is 18.1 Å². The number of anilines is 1. The fourth-order valence-corrected chi connectivity index (χ4v) is 2.88. The van der Waals surface area contributed by atoms with Gasteiger partial charge in [0.05, 0.1) is 12.0 Å². The Hall–Kier alpha value is -4.67. The van der Waals surface area contributed by atoms with Crippen molar-refractivity contribution in [3.8, 4) is 5.88 Å². The molecule has 0 bridgehead atoms. The van der Waals surface area contributed by atoms with E-state index in [0.717, 1.165) is 0 Å². The van der Waals surface area contributed by atoms with Crippen LogP contribution in [0.2, 0.25) is 0 Å². The molecule has 1 saturated heterocycles. The predicted molar refractivity (Wildman–Crippen MR) is 117 cm³/mol. The number of amides is 4. The molecule has 33 heavy (non-hydrogen) atoms. The molecule has 0 atom stereocenters. The molecule has 4 amide bonds. The first-order valence-corrected chi connectivity index (χ1v) is 10.0. The van der Waals surface area contributed by atoms with E-state index in [4.69, 9.17) is 9.15 Å². The number of rotatable bonds is 9. The van der Waals surface area contributed by atoms with E-state index < -0.39 is 11.9 Å². The fourth-order valence-electron chi connectivity index (χ4n) is 2.88. The van der Waals surface area contributed by atoms with Crippen LogP contribution in [0.1, 0.15) is 21.8 Å². The van der Waals surface area contributed by atoms with Crippen molar-refractivity contribution < 1.29 is 23.5 Å². The monoisotopic (exact) mass is 448 g/mol. The second-order valence-electron chi connectivity index (χ2n) is 6.84. The van der Waals surface area contributed by atoms with E-state index in [-0.39, 0.29) is 30.0 Å². The molecule has 0 aliphatic carbocycles. The number of aromatic nitrogens is 2. The summed E-state index contributed by atoms with van der Waals surface area (Å²) in [5.41, 5.74) is 0.951. The highest BCUT2D eigenvalue weighted by Gasteiger charge is 2.23. The Balaban J connectivity index is 1.43. The molecule has 0 radical (unpaired) electrons. The lowest BCUT2D eigenvalue weighted by Gasteiger charge is -2.10. The van der Waals surface area contributed by atoms with Crippen LogP contribution in [0.3, 0.4) is 0 Å². The third kappa shape index (κ3) is 5.94. The van der Waals surface area contributed by atoms with E-state index in [0.29, 0.717) is 30.1 Å².